The van der Waals surface area contributed by atoms with Crippen LogP contribution < -0.4 is 0 Å². The maximum Gasteiger partial charge on any atom is 0.122 e. The van der Waals surface area contributed by atoms with Crippen LogP contribution in [0.1, 0.15) is 6.42 Å². The number of carbonyl (C=O) groups excluding carboxylic acids is 1. The summed E-state index contributed by atoms with van der Waals surface area (Å²) < 4.78 is 22.2. The molecular weight excluding hydrogens is 296 g/mol. The smallest absolute Gasteiger partial charge is 0.122 e. The van der Waals surface area contributed by atoms with Gasteiger partial charge < -0.3 is 39.1 Å². The minimum Gasteiger partial charge on any atom is -0.396 e. The van der Waals surface area contributed by atoms with Crippen molar-refractivity contribution in [1.29, 1.82) is 0 Å². The molecule has 1 heterocycles. The van der Waals surface area contributed by atoms with Gasteiger partial charge in [0, 0.05) is 12.3 Å². The van der Waals surface area contributed by atoms with Crippen LogP contribution in [0.15, 0.2) is 0 Å². The van der Waals surface area contributed by atoms with Crippen LogP contribution in [-0.2, 0) is 23.7 Å². The summed E-state index contributed by atoms with van der Waals surface area (Å²) in [5.74, 6) is -0.202. The summed E-state index contributed by atoms with van der Waals surface area (Å²) in [6.07, 6.45) is -0.312. The summed E-state index contributed by atoms with van der Waals surface area (Å²) in [4.78, 5) is 10.3. The number of ether oxygens (including phenoxy) is 4. The fraction of sp³-hybridized carbons (Fsp3) is 0.929. The third-order valence-electron chi connectivity index (χ3n) is 3.38. The number of hydrogen-bond acceptors (Lipinski definition) is 8. The van der Waals surface area contributed by atoms with Crippen molar-refractivity contribution in [3.8, 4) is 0 Å². The Hall–Kier alpha value is -0.610. The lowest BCUT2D eigenvalue weighted by molar-refractivity contribution is -0.130. The lowest BCUT2D eigenvalue weighted by atomic mass is 9.99. The Labute approximate surface area is 129 Å². The second kappa shape index (κ2) is 11.9. The van der Waals surface area contributed by atoms with Crippen LogP contribution in [0.25, 0.3) is 0 Å². The molecule has 130 valence electrons. The molecule has 0 saturated carbocycles. The van der Waals surface area contributed by atoms with Crippen molar-refractivity contribution in [3.05, 3.63) is 0 Å². The molecule has 0 aliphatic carbocycles. The van der Waals surface area contributed by atoms with Gasteiger partial charge in [-0.2, -0.15) is 0 Å². The van der Waals surface area contributed by atoms with Crippen LogP contribution in [0, 0.1) is 5.92 Å². The number of rotatable bonds is 13. The highest BCUT2D eigenvalue weighted by molar-refractivity contribution is 5.49. The van der Waals surface area contributed by atoms with Gasteiger partial charge in [-0.3, -0.25) is 0 Å². The monoisotopic (exact) mass is 322 g/mol. The van der Waals surface area contributed by atoms with Gasteiger partial charge >= 0.3 is 0 Å². The van der Waals surface area contributed by atoms with Crippen LogP contribution in [0.5, 0.6) is 0 Å². The van der Waals surface area contributed by atoms with E-state index in [-0.39, 0.29) is 52.2 Å². The lowest BCUT2D eigenvalue weighted by Gasteiger charge is -2.29. The molecule has 0 aromatic carbocycles. The first kappa shape index (κ1) is 19.4. The van der Waals surface area contributed by atoms with Crippen molar-refractivity contribution < 1.29 is 39.1 Å². The predicted molar refractivity (Wildman–Crippen MR) is 75.5 cm³/mol. The van der Waals surface area contributed by atoms with Crippen LogP contribution in [0.4, 0.5) is 0 Å². The van der Waals surface area contributed by atoms with E-state index in [1.54, 1.807) is 0 Å². The molecule has 0 radical (unpaired) electrons. The minimum absolute atomic E-state index is 0.0920. The zero-order chi connectivity index (χ0) is 16.2. The molecule has 22 heavy (non-hydrogen) atoms. The van der Waals surface area contributed by atoms with Gasteiger partial charge in [0.15, 0.2) is 0 Å². The zero-order valence-electron chi connectivity index (χ0n) is 12.6. The first-order chi connectivity index (χ1) is 10.8. The van der Waals surface area contributed by atoms with E-state index in [4.69, 9.17) is 29.2 Å². The highest BCUT2D eigenvalue weighted by Gasteiger charge is 2.42. The van der Waals surface area contributed by atoms with Gasteiger partial charge in [0.25, 0.3) is 0 Å². The molecule has 0 bridgehead atoms. The molecule has 4 atom stereocenters. The molecule has 0 spiro atoms. The third kappa shape index (κ3) is 6.25. The molecule has 0 aromatic heterocycles. The van der Waals surface area contributed by atoms with Gasteiger partial charge in [-0.25, -0.2) is 0 Å². The van der Waals surface area contributed by atoms with E-state index in [0.717, 1.165) is 6.29 Å². The van der Waals surface area contributed by atoms with E-state index >= 15 is 0 Å². The lowest BCUT2D eigenvalue weighted by Crippen LogP contribution is -2.44. The molecule has 8 heteroatoms. The Morgan fingerprint density at radius 1 is 1.18 bits per heavy atom. The maximum atomic E-state index is 10.3. The number of aliphatic hydroxyl groups is 3. The molecule has 4 unspecified atom stereocenters. The number of aliphatic hydroxyl groups excluding tert-OH is 3. The van der Waals surface area contributed by atoms with Crippen molar-refractivity contribution in [2.75, 3.05) is 52.9 Å². The Bertz CT molecular complexity index is 288. The van der Waals surface area contributed by atoms with Gasteiger partial charge in [-0.05, 0) is 0 Å². The van der Waals surface area contributed by atoms with Crippen LogP contribution in [-0.4, -0.2) is 92.8 Å². The third-order valence-corrected chi connectivity index (χ3v) is 3.38. The zero-order valence-corrected chi connectivity index (χ0v) is 12.6. The fourth-order valence-corrected chi connectivity index (χ4v) is 2.36. The first-order valence-electron chi connectivity index (χ1n) is 7.47. The van der Waals surface area contributed by atoms with E-state index < -0.39 is 18.3 Å². The first-order valence-corrected chi connectivity index (χ1v) is 7.47. The van der Waals surface area contributed by atoms with Gasteiger partial charge in [-0.15, -0.1) is 0 Å². The summed E-state index contributed by atoms with van der Waals surface area (Å²) >= 11 is 0. The van der Waals surface area contributed by atoms with Gasteiger partial charge in [0.05, 0.1) is 59.0 Å². The van der Waals surface area contributed by atoms with E-state index in [1.165, 1.54) is 0 Å². The quantitative estimate of drug-likeness (QED) is 0.273. The Kier molecular flexibility index (Phi) is 10.5. The van der Waals surface area contributed by atoms with Crippen molar-refractivity contribution >= 4 is 6.29 Å². The van der Waals surface area contributed by atoms with Crippen molar-refractivity contribution in [2.24, 2.45) is 5.92 Å². The van der Waals surface area contributed by atoms with Gasteiger partial charge in [-0.1, -0.05) is 0 Å². The minimum atomic E-state index is -0.487. The maximum absolute atomic E-state index is 10.3. The standard InChI is InChI=1S/C14H26O8/c15-2-1-5-19-10-12(20-6-3-16)14-13(21-7-4-17)11(8-18)9-22-14/h2,11-14,16-18H,1,3-10H2. The molecule has 8 nitrogen and oxygen atoms in total. The van der Waals surface area contributed by atoms with Crippen LogP contribution in [0.2, 0.25) is 0 Å². The Morgan fingerprint density at radius 2 is 1.95 bits per heavy atom. The normalized spacial score (nSPS) is 26.2. The predicted octanol–water partition coefficient (Wildman–Crippen LogP) is -1.65. The second-order valence-electron chi connectivity index (χ2n) is 4.96. The average Bonchev–Trinajstić information content (AvgIpc) is 2.95. The second-order valence-corrected chi connectivity index (χ2v) is 4.96. The van der Waals surface area contributed by atoms with Crippen LogP contribution in [0.3, 0.4) is 0 Å². The molecule has 1 aliphatic heterocycles. The van der Waals surface area contributed by atoms with E-state index in [9.17, 15) is 9.90 Å². The van der Waals surface area contributed by atoms with E-state index in [2.05, 4.69) is 0 Å². The largest absolute Gasteiger partial charge is 0.396 e. The molecule has 0 aromatic rings. The summed E-state index contributed by atoms with van der Waals surface area (Å²) in [5.41, 5.74) is 0. The summed E-state index contributed by atoms with van der Waals surface area (Å²) in [6.45, 7) is 0.701. The number of hydrogen-bond donors (Lipinski definition) is 3. The fourth-order valence-electron chi connectivity index (χ4n) is 2.36. The average molecular weight is 322 g/mol. The van der Waals surface area contributed by atoms with E-state index in [0.29, 0.717) is 13.0 Å². The van der Waals surface area contributed by atoms with Gasteiger partial charge in [0.2, 0.25) is 0 Å². The molecule has 3 N–H and O–H groups in total. The van der Waals surface area contributed by atoms with Gasteiger partial charge in [0.1, 0.15) is 18.5 Å². The molecule has 1 aliphatic rings. The molecular formula is C14H26O8. The van der Waals surface area contributed by atoms with E-state index in [1.807, 2.05) is 0 Å². The molecule has 1 saturated heterocycles. The van der Waals surface area contributed by atoms with Crippen molar-refractivity contribution in [1.82, 2.24) is 0 Å². The summed E-state index contributed by atoms with van der Waals surface area (Å²) in [6, 6.07) is 0. The molecule has 1 rings (SSSR count). The van der Waals surface area contributed by atoms with Crippen LogP contribution >= 0.6 is 0 Å². The molecule has 1 fully saturated rings. The Balaban J connectivity index is 2.61. The topological polar surface area (TPSA) is 115 Å². The summed E-state index contributed by atoms with van der Waals surface area (Å²) in [7, 11) is 0. The molecule has 0 amide bonds. The number of carbonyl (C=O) groups is 1. The SMILES string of the molecule is O=CCCOCC(OCCO)C1OCC(CO)C1OCCO. The van der Waals surface area contributed by atoms with Crippen molar-refractivity contribution in [3.63, 3.8) is 0 Å². The Morgan fingerprint density at radius 3 is 2.59 bits per heavy atom. The summed E-state index contributed by atoms with van der Waals surface area (Å²) in [5, 5.41) is 27.2. The highest BCUT2D eigenvalue weighted by atomic mass is 16.6. The highest BCUT2D eigenvalue weighted by Crippen LogP contribution is 2.27. The van der Waals surface area contributed by atoms with Crippen molar-refractivity contribution in [2.45, 2.75) is 24.7 Å². The number of aldehydes is 1.